The van der Waals surface area contributed by atoms with Crippen LogP contribution in [0.2, 0.25) is 0 Å². The molecule has 0 aromatic rings. The van der Waals surface area contributed by atoms with Crippen molar-refractivity contribution in [2.45, 2.75) is 39.0 Å². The maximum Gasteiger partial charge on any atom is 0.169 e. The van der Waals surface area contributed by atoms with Crippen LogP contribution < -0.4 is 5.32 Å². The fraction of sp³-hybridized carbons (Fsp3) is 1.00. The van der Waals surface area contributed by atoms with Crippen LogP contribution in [-0.4, -0.2) is 43.6 Å². The molecule has 90 valence electrons. The van der Waals surface area contributed by atoms with Crippen molar-refractivity contribution in [1.29, 1.82) is 0 Å². The molecule has 4 heteroatoms. The minimum Gasteiger partial charge on any atom is -0.352 e. The summed E-state index contributed by atoms with van der Waals surface area (Å²) in [5.41, 5.74) is 0. The Morgan fingerprint density at radius 2 is 2.07 bits per heavy atom. The minimum atomic E-state index is -0.0769. The lowest BCUT2D eigenvalue weighted by molar-refractivity contribution is -0.133. The van der Waals surface area contributed by atoms with Crippen LogP contribution in [0.25, 0.3) is 0 Å². The van der Waals surface area contributed by atoms with Gasteiger partial charge in [0.2, 0.25) is 0 Å². The first-order valence-electron chi connectivity index (χ1n) is 5.91. The second-order valence-electron chi connectivity index (χ2n) is 3.66. The van der Waals surface area contributed by atoms with E-state index in [9.17, 15) is 0 Å². The highest BCUT2D eigenvalue weighted by Gasteiger charge is 2.15. The van der Waals surface area contributed by atoms with E-state index in [0.717, 1.165) is 6.54 Å². The van der Waals surface area contributed by atoms with Crippen molar-refractivity contribution >= 4 is 11.8 Å². The highest BCUT2D eigenvalue weighted by molar-refractivity contribution is 7.99. The van der Waals surface area contributed by atoms with Crippen LogP contribution in [0.1, 0.15) is 26.7 Å². The van der Waals surface area contributed by atoms with Gasteiger partial charge in [0.15, 0.2) is 6.29 Å². The quantitative estimate of drug-likeness (QED) is 0.680. The van der Waals surface area contributed by atoms with Crippen molar-refractivity contribution in [2.24, 2.45) is 0 Å². The van der Waals surface area contributed by atoms with Crippen LogP contribution in [0.4, 0.5) is 0 Å². The van der Waals surface area contributed by atoms with Crippen LogP contribution in [-0.2, 0) is 9.47 Å². The van der Waals surface area contributed by atoms with Crippen LogP contribution >= 0.6 is 11.8 Å². The molecule has 0 amide bonds. The van der Waals surface area contributed by atoms with Crippen molar-refractivity contribution in [2.75, 3.05) is 31.3 Å². The molecule has 0 aliphatic carbocycles. The molecule has 1 unspecified atom stereocenters. The summed E-state index contributed by atoms with van der Waals surface area (Å²) in [4.78, 5) is 0. The van der Waals surface area contributed by atoms with Gasteiger partial charge in [-0.2, -0.15) is 11.8 Å². The monoisotopic (exact) mass is 233 g/mol. The molecule has 0 radical (unpaired) electrons. The van der Waals surface area contributed by atoms with Crippen LogP contribution in [0.15, 0.2) is 0 Å². The minimum absolute atomic E-state index is 0.0769. The number of nitrogens with one attached hydrogen (secondary N) is 1. The Kier molecular flexibility index (Phi) is 7.44. The summed E-state index contributed by atoms with van der Waals surface area (Å²) < 4.78 is 11.0. The first kappa shape index (κ1) is 13.3. The molecular formula is C11H23NO2S. The summed E-state index contributed by atoms with van der Waals surface area (Å²) in [6.07, 6.45) is 2.54. The summed E-state index contributed by atoms with van der Waals surface area (Å²) in [6, 6.07) is 0.646. The van der Waals surface area contributed by atoms with E-state index in [1.807, 2.05) is 25.6 Å². The Hall–Kier alpha value is 0.230. The maximum atomic E-state index is 5.48. The van der Waals surface area contributed by atoms with Gasteiger partial charge < -0.3 is 14.8 Å². The molecular weight excluding hydrogens is 210 g/mol. The molecule has 1 saturated heterocycles. The zero-order valence-electron chi connectivity index (χ0n) is 9.83. The fourth-order valence-corrected chi connectivity index (χ4v) is 2.81. The maximum absolute atomic E-state index is 5.48. The molecule has 1 heterocycles. The predicted octanol–water partition coefficient (Wildman–Crippen LogP) is 1.87. The van der Waals surface area contributed by atoms with E-state index in [2.05, 4.69) is 5.32 Å². The molecule has 0 aromatic heterocycles. The van der Waals surface area contributed by atoms with E-state index < -0.39 is 0 Å². The van der Waals surface area contributed by atoms with Crippen molar-refractivity contribution in [3.8, 4) is 0 Å². The van der Waals surface area contributed by atoms with Gasteiger partial charge >= 0.3 is 0 Å². The zero-order chi connectivity index (χ0) is 10.9. The zero-order valence-corrected chi connectivity index (χ0v) is 10.6. The van der Waals surface area contributed by atoms with Crippen molar-refractivity contribution in [3.63, 3.8) is 0 Å². The Bertz CT molecular complexity index is 146. The molecule has 1 aliphatic rings. The first-order valence-corrected chi connectivity index (χ1v) is 7.06. The van der Waals surface area contributed by atoms with E-state index >= 15 is 0 Å². The van der Waals surface area contributed by atoms with Gasteiger partial charge in [-0.1, -0.05) is 0 Å². The van der Waals surface area contributed by atoms with Gasteiger partial charge in [-0.25, -0.2) is 0 Å². The molecule has 1 N–H and O–H groups in total. The molecule has 1 aliphatic heterocycles. The molecule has 0 bridgehead atoms. The molecule has 1 atom stereocenters. The van der Waals surface area contributed by atoms with Crippen molar-refractivity contribution in [1.82, 2.24) is 5.32 Å². The van der Waals surface area contributed by atoms with Crippen LogP contribution in [0, 0.1) is 0 Å². The number of hydrogen-bond donors (Lipinski definition) is 1. The van der Waals surface area contributed by atoms with Crippen LogP contribution in [0.5, 0.6) is 0 Å². The summed E-state index contributed by atoms with van der Waals surface area (Å²) in [6.45, 7) is 6.25. The number of thioether (sulfide) groups is 1. The highest BCUT2D eigenvalue weighted by atomic mass is 32.2. The molecule has 1 fully saturated rings. The lowest BCUT2D eigenvalue weighted by Gasteiger charge is -2.25. The Balaban J connectivity index is 2.13. The fourth-order valence-electron chi connectivity index (χ4n) is 1.70. The van der Waals surface area contributed by atoms with Crippen molar-refractivity contribution < 1.29 is 9.47 Å². The third-order valence-corrected chi connectivity index (χ3v) is 3.65. The first-order chi connectivity index (χ1) is 7.36. The van der Waals surface area contributed by atoms with Gasteiger partial charge in [-0.15, -0.1) is 0 Å². The highest BCUT2D eigenvalue weighted by Crippen LogP contribution is 2.16. The molecule has 1 rings (SSSR count). The standard InChI is InChI=1S/C11H23NO2S/c1-3-13-11(14-4-2)8-12-10-6-5-7-15-9-10/h10-12H,3-9H2,1-2H3. The van der Waals surface area contributed by atoms with E-state index in [1.165, 1.54) is 24.3 Å². The third-order valence-electron chi connectivity index (χ3n) is 2.44. The molecule has 15 heavy (non-hydrogen) atoms. The van der Waals surface area contributed by atoms with Gasteiger partial charge in [0.05, 0.1) is 0 Å². The average Bonchev–Trinajstić information content (AvgIpc) is 2.28. The third kappa shape index (κ3) is 5.76. The van der Waals surface area contributed by atoms with Crippen molar-refractivity contribution in [3.05, 3.63) is 0 Å². The topological polar surface area (TPSA) is 30.5 Å². The van der Waals surface area contributed by atoms with E-state index in [0.29, 0.717) is 19.3 Å². The van der Waals surface area contributed by atoms with E-state index in [4.69, 9.17) is 9.47 Å². The second-order valence-corrected chi connectivity index (χ2v) is 4.81. The van der Waals surface area contributed by atoms with Gasteiger partial charge in [0.1, 0.15) is 0 Å². The smallest absolute Gasteiger partial charge is 0.169 e. The van der Waals surface area contributed by atoms with Gasteiger partial charge in [0.25, 0.3) is 0 Å². The number of ether oxygens (including phenoxy) is 2. The molecule has 0 saturated carbocycles. The summed E-state index contributed by atoms with van der Waals surface area (Å²) in [5, 5.41) is 3.52. The normalized spacial score (nSPS) is 22.2. The molecule has 0 aromatic carbocycles. The summed E-state index contributed by atoms with van der Waals surface area (Å²) in [5.74, 6) is 2.55. The van der Waals surface area contributed by atoms with Crippen LogP contribution in [0.3, 0.4) is 0 Å². The molecule has 0 spiro atoms. The van der Waals surface area contributed by atoms with E-state index in [-0.39, 0.29) is 6.29 Å². The summed E-state index contributed by atoms with van der Waals surface area (Å²) >= 11 is 2.04. The Labute approximate surface area is 97.3 Å². The Morgan fingerprint density at radius 1 is 1.33 bits per heavy atom. The predicted molar refractivity (Wildman–Crippen MR) is 65.4 cm³/mol. The number of hydrogen-bond acceptors (Lipinski definition) is 4. The lowest BCUT2D eigenvalue weighted by atomic mass is 10.2. The van der Waals surface area contributed by atoms with Gasteiger partial charge in [0, 0.05) is 31.6 Å². The lowest BCUT2D eigenvalue weighted by Crippen LogP contribution is -2.40. The SMILES string of the molecule is CCOC(CNC1CCCSC1)OCC. The van der Waals surface area contributed by atoms with Gasteiger partial charge in [-0.05, 0) is 32.4 Å². The second kappa shape index (κ2) is 8.39. The number of rotatable bonds is 7. The molecule has 3 nitrogen and oxygen atoms in total. The summed E-state index contributed by atoms with van der Waals surface area (Å²) in [7, 11) is 0. The van der Waals surface area contributed by atoms with E-state index in [1.54, 1.807) is 0 Å². The van der Waals surface area contributed by atoms with Gasteiger partial charge in [-0.3, -0.25) is 0 Å². The largest absolute Gasteiger partial charge is 0.352 e. The Morgan fingerprint density at radius 3 is 2.60 bits per heavy atom. The average molecular weight is 233 g/mol.